The lowest BCUT2D eigenvalue weighted by Crippen LogP contribution is -2.20. The molecule has 0 atom stereocenters. The summed E-state index contributed by atoms with van der Waals surface area (Å²) in [7, 11) is 0. The van der Waals surface area contributed by atoms with E-state index in [0.29, 0.717) is 11.7 Å². The minimum atomic E-state index is -0.182. The second kappa shape index (κ2) is 7.13. The van der Waals surface area contributed by atoms with Crippen LogP contribution < -0.4 is 10.1 Å². The zero-order chi connectivity index (χ0) is 16.9. The van der Waals surface area contributed by atoms with Gasteiger partial charge in [0.15, 0.2) is 6.61 Å². The molecule has 0 aliphatic carbocycles. The Kier molecular flexibility index (Phi) is 4.75. The lowest BCUT2D eigenvalue weighted by atomic mass is 10.0. The summed E-state index contributed by atoms with van der Waals surface area (Å²) < 4.78 is 5.57. The number of pyridine rings is 1. The van der Waals surface area contributed by atoms with Gasteiger partial charge in [-0.15, -0.1) is 0 Å². The zero-order valence-corrected chi connectivity index (χ0v) is 13.8. The molecule has 3 aromatic rings. The maximum atomic E-state index is 12.0. The molecule has 1 aromatic heterocycles. The van der Waals surface area contributed by atoms with Crippen LogP contribution in [0.15, 0.2) is 60.8 Å². The van der Waals surface area contributed by atoms with E-state index in [1.165, 1.54) is 5.56 Å². The summed E-state index contributed by atoms with van der Waals surface area (Å²) in [5, 5.41) is 3.83. The van der Waals surface area contributed by atoms with Crippen molar-refractivity contribution in [2.45, 2.75) is 19.8 Å². The number of nitrogens with zero attached hydrogens (tertiary/aromatic N) is 1. The largest absolute Gasteiger partial charge is 0.484 e. The molecule has 24 heavy (non-hydrogen) atoms. The molecule has 0 aliphatic rings. The van der Waals surface area contributed by atoms with Crippen molar-refractivity contribution >= 4 is 22.5 Å². The Bertz CT molecular complexity index is 842. The first kappa shape index (κ1) is 16.0. The van der Waals surface area contributed by atoms with Crippen LogP contribution in [0.3, 0.4) is 0 Å². The van der Waals surface area contributed by atoms with Gasteiger partial charge in [0, 0.05) is 17.3 Å². The van der Waals surface area contributed by atoms with Crippen LogP contribution in [0.5, 0.6) is 5.75 Å². The van der Waals surface area contributed by atoms with Gasteiger partial charge in [-0.25, -0.2) is 0 Å². The highest BCUT2D eigenvalue weighted by molar-refractivity contribution is 5.92. The molecule has 2 aromatic carbocycles. The van der Waals surface area contributed by atoms with Gasteiger partial charge in [-0.2, -0.15) is 0 Å². The molecule has 0 radical (unpaired) electrons. The molecule has 0 aliphatic heterocycles. The first-order chi connectivity index (χ1) is 11.6. The molecule has 122 valence electrons. The Labute approximate surface area is 141 Å². The van der Waals surface area contributed by atoms with Crippen molar-refractivity contribution in [3.63, 3.8) is 0 Å². The van der Waals surface area contributed by atoms with Crippen LogP contribution in [0.2, 0.25) is 0 Å². The Morgan fingerprint density at radius 3 is 2.67 bits per heavy atom. The molecule has 0 saturated heterocycles. The van der Waals surface area contributed by atoms with E-state index in [-0.39, 0.29) is 12.5 Å². The maximum absolute atomic E-state index is 12.0. The van der Waals surface area contributed by atoms with Crippen LogP contribution in [-0.2, 0) is 4.79 Å². The molecule has 3 rings (SSSR count). The number of anilines is 1. The molecule has 0 unspecified atom stereocenters. The van der Waals surface area contributed by atoms with Crippen molar-refractivity contribution in [2.75, 3.05) is 11.9 Å². The third-order valence-electron chi connectivity index (χ3n) is 3.81. The lowest BCUT2D eigenvalue weighted by Gasteiger charge is -2.10. The van der Waals surface area contributed by atoms with Gasteiger partial charge < -0.3 is 10.1 Å². The summed E-state index contributed by atoms with van der Waals surface area (Å²) in [5.41, 5.74) is 2.92. The van der Waals surface area contributed by atoms with E-state index in [2.05, 4.69) is 24.1 Å². The summed E-state index contributed by atoms with van der Waals surface area (Å²) in [6, 6.07) is 17.3. The topological polar surface area (TPSA) is 51.2 Å². The molecular formula is C20H20N2O2. The number of hydrogen-bond donors (Lipinski definition) is 1. The normalized spacial score (nSPS) is 10.8. The first-order valence-electron chi connectivity index (χ1n) is 7.99. The average molecular weight is 320 g/mol. The predicted molar refractivity (Wildman–Crippen MR) is 96.4 cm³/mol. The van der Waals surface area contributed by atoms with E-state index >= 15 is 0 Å². The number of carbonyl (C=O) groups is 1. The summed E-state index contributed by atoms with van der Waals surface area (Å²) >= 11 is 0. The molecule has 0 saturated carbocycles. The highest BCUT2D eigenvalue weighted by Crippen LogP contribution is 2.19. The summed E-state index contributed by atoms with van der Waals surface area (Å²) in [5.74, 6) is 0.944. The fourth-order valence-corrected chi connectivity index (χ4v) is 2.44. The molecule has 4 heteroatoms. The van der Waals surface area contributed by atoms with Gasteiger partial charge in [0.25, 0.3) is 5.91 Å². The molecule has 0 spiro atoms. The number of rotatable bonds is 5. The van der Waals surface area contributed by atoms with Crippen molar-refractivity contribution in [3.05, 3.63) is 66.4 Å². The fourth-order valence-electron chi connectivity index (χ4n) is 2.44. The smallest absolute Gasteiger partial charge is 0.262 e. The molecule has 1 amide bonds. The monoisotopic (exact) mass is 320 g/mol. The van der Waals surface area contributed by atoms with Crippen LogP contribution in [-0.4, -0.2) is 17.5 Å². The second-order valence-electron chi connectivity index (χ2n) is 5.97. The van der Waals surface area contributed by atoms with E-state index in [4.69, 9.17) is 4.74 Å². The zero-order valence-electron chi connectivity index (χ0n) is 13.8. The third kappa shape index (κ3) is 3.90. The third-order valence-corrected chi connectivity index (χ3v) is 3.81. The van der Waals surface area contributed by atoms with Crippen LogP contribution in [0.25, 0.3) is 10.9 Å². The summed E-state index contributed by atoms with van der Waals surface area (Å²) in [6.45, 7) is 4.25. The standard InChI is InChI=1S/C20H20N2O2/c1-14(2)15-5-7-17(8-6-15)22-20(23)13-24-18-9-10-19-16(12-18)4-3-11-21-19/h3-12,14H,13H2,1-2H3,(H,22,23). The number of nitrogens with one attached hydrogen (secondary N) is 1. The Hall–Kier alpha value is -2.88. The van der Waals surface area contributed by atoms with Crippen molar-refractivity contribution < 1.29 is 9.53 Å². The van der Waals surface area contributed by atoms with Gasteiger partial charge in [0.05, 0.1) is 5.52 Å². The van der Waals surface area contributed by atoms with Crippen LogP contribution in [0, 0.1) is 0 Å². The molecule has 1 heterocycles. The van der Waals surface area contributed by atoms with Crippen molar-refractivity contribution in [1.29, 1.82) is 0 Å². The molecular weight excluding hydrogens is 300 g/mol. The minimum absolute atomic E-state index is 0.0301. The number of hydrogen-bond acceptors (Lipinski definition) is 3. The molecule has 1 N–H and O–H groups in total. The van der Waals surface area contributed by atoms with Gasteiger partial charge in [-0.05, 0) is 47.9 Å². The van der Waals surface area contributed by atoms with Crippen molar-refractivity contribution in [1.82, 2.24) is 4.98 Å². The van der Waals surface area contributed by atoms with E-state index in [0.717, 1.165) is 16.6 Å². The number of fused-ring (bicyclic) bond motifs is 1. The van der Waals surface area contributed by atoms with Gasteiger partial charge in [0.1, 0.15) is 5.75 Å². The Balaban J connectivity index is 1.58. The van der Waals surface area contributed by atoms with Gasteiger partial charge >= 0.3 is 0 Å². The van der Waals surface area contributed by atoms with Gasteiger partial charge in [-0.1, -0.05) is 32.0 Å². The quantitative estimate of drug-likeness (QED) is 0.759. The van der Waals surface area contributed by atoms with Crippen LogP contribution in [0.1, 0.15) is 25.3 Å². The molecule has 0 fully saturated rings. The van der Waals surface area contributed by atoms with E-state index in [9.17, 15) is 4.79 Å². The fraction of sp³-hybridized carbons (Fsp3) is 0.200. The summed E-state index contributed by atoms with van der Waals surface area (Å²) in [4.78, 5) is 16.3. The first-order valence-corrected chi connectivity index (χ1v) is 7.99. The van der Waals surface area contributed by atoms with Crippen molar-refractivity contribution in [2.24, 2.45) is 0 Å². The Morgan fingerprint density at radius 2 is 1.92 bits per heavy atom. The Morgan fingerprint density at radius 1 is 1.12 bits per heavy atom. The number of ether oxygens (including phenoxy) is 1. The van der Waals surface area contributed by atoms with Crippen LogP contribution >= 0.6 is 0 Å². The van der Waals surface area contributed by atoms with E-state index in [1.807, 2.05) is 54.6 Å². The number of benzene rings is 2. The lowest BCUT2D eigenvalue weighted by molar-refractivity contribution is -0.118. The number of aromatic nitrogens is 1. The number of amides is 1. The van der Waals surface area contributed by atoms with Gasteiger partial charge in [-0.3, -0.25) is 9.78 Å². The second-order valence-corrected chi connectivity index (χ2v) is 5.97. The van der Waals surface area contributed by atoms with Gasteiger partial charge in [0.2, 0.25) is 0 Å². The maximum Gasteiger partial charge on any atom is 0.262 e. The molecule has 0 bridgehead atoms. The highest BCUT2D eigenvalue weighted by Gasteiger charge is 2.05. The predicted octanol–water partition coefficient (Wildman–Crippen LogP) is 4.38. The van der Waals surface area contributed by atoms with Crippen molar-refractivity contribution in [3.8, 4) is 5.75 Å². The summed E-state index contributed by atoms with van der Waals surface area (Å²) in [6.07, 6.45) is 1.75. The van der Waals surface area contributed by atoms with E-state index in [1.54, 1.807) is 6.20 Å². The number of carbonyl (C=O) groups excluding carboxylic acids is 1. The minimum Gasteiger partial charge on any atom is -0.484 e. The average Bonchev–Trinajstić information content (AvgIpc) is 2.60. The van der Waals surface area contributed by atoms with E-state index < -0.39 is 0 Å². The van der Waals surface area contributed by atoms with Crippen LogP contribution in [0.4, 0.5) is 5.69 Å². The molecule has 4 nitrogen and oxygen atoms in total. The highest BCUT2D eigenvalue weighted by atomic mass is 16.5. The SMILES string of the molecule is CC(C)c1ccc(NC(=O)COc2ccc3ncccc3c2)cc1.